The quantitative estimate of drug-likeness (QED) is 0.644. The van der Waals surface area contributed by atoms with Gasteiger partial charge in [0.2, 0.25) is 0 Å². The van der Waals surface area contributed by atoms with Gasteiger partial charge in [-0.25, -0.2) is 0 Å². The maximum Gasteiger partial charge on any atom is 0.306 e. The van der Waals surface area contributed by atoms with Crippen molar-refractivity contribution >= 4 is 11.9 Å². The zero-order valence-electron chi connectivity index (χ0n) is 9.97. The van der Waals surface area contributed by atoms with Crippen LogP contribution in [0.1, 0.15) is 40.0 Å². The summed E-state index contributed by atoms with van der Waals surface area (Å²) in [4.78, 5) is 21.5. The number of carbonyl (C=O) groups excluding carboxylic acids is 1. The topological polar surface area (TPSA) is 83.8 Å². The number of esters is 1. The number of rotatable bonds is 7. The van der Waals surface area contributed by atoms with E-state index in [2.05, 4.69) is 0 Å². The van der Waals surface area contributed by atoms with Crippen LogP contribution in [0.25, 0.3) is 0 Å². The minimum atomic E-state index is -0.928. The Labute approximate surface area is 95.4 Å². The molecule has 0 rings (SSSR count). The lowest BCUT2D eigenvalue weighted by molar-refractivity contribution is -0.152. The van der Waals surface area contributed by atoms with E-state index in [1.54, 1.807) is 6.92 Å². The molecule has 0 fully saturated rings. The minimum Gasteiger partial charge on any atom is -0.481 e. The lowest BCUT2D eigenvalue weighted by Gasteiger charge is -2.21. The highest BCUT2D eigenvalue weighted by Crippen LogP contribution is 2.16. The summed E-state index contributed by atoms with van der Waals surface area (Å²) < 4.78 is 4.98. The van der Waals surface area contributed by atoms with Gasteiger partial charge < -0.3 is 14.9 Å². The van der Waals surface area contributed by atoms with E-state index >= 15 is 0 Å². The molecule has 5 heteroatoms. The number of hydrogen-bond donors (Lipinski definition) is 2. The third kappa shape index (κ3) is 6.40. The van der Waals surface area contributed by atoms with Gasteiger partial charge in [-0.05, 0) is 12.8 Å². The van der Waals surface area contributed by atoms with Crippen molar-refractivity contribution in [2.24, 2.45) is 5.92 Å². The highest BCUT2D eigenvalue weighted by atomic mass is 16.5. The van der Waals surface area contributed by atoms with Crippen molar-refractivity contribution < 1.29 is 24.5 Å². The number of carboxylic acid groups (broad SMARTS) is 1. The van der Waals surface area contributed by atoms with Gasteiger partial charge in [0.15, 0.2) is 0 Å². The molecule has 0 heterocycles. The van der Waals surface area contributed by atoms with Gasteiger partial charge in [-0.3, -0.25) is 9.59 Å². The molecule has 0 saturated carbocycles. The Bertz CT molecular complexity index is 239. The van der Waals surface area contributed by atoms with Crippen molar-refractivity contribution in [2.75, 3.05) is 0 Å². The van der Waals surface area contributed by atoms with Crippen LogP contribution in [0, 0.1) is 5.92 Å². The monoisotopic (exact) mass is 232 g/mol. The van der Waals surface area contributed by atoms with Gasteiger partial charge in [0.05, 0.1) is 12.0 Å². The summed E-state index contributed by atoms with van der Waals surface area (Å²) in [5.74, 6) is -1.97. The lowest BCUT2D eigenvalue weighted by atomic mass is 9.99. The molecule has 0 aromatic carbocycles. The van der Waals surface area contributed by atoms with Gasteiger partial charge in [0, 0.05) is 13.3 Å². The molecule has 5 nitrogen and oxygen atoms in total. The first-order chi connectivity index (χ1) is 7.36. The van der Waals surface area contributed by atoms with Gasteiger partial charge in [-0.2, -0.15) is 0 Å². The van der Waals surface area contributed by atoms with Crippen LogP contribution in [-0.4, -0.2) is 34.4 Å². The van der Waals surface area contributed by atoms with Crippen LogP contribution in [0.15, 0.2) is 0 Å². The van der Waals surface area contributed by atoms with E-state index in [0.717, 1.165) is 0 Å². The summed E-state index contributed by atoms with van der Waals surface area (Å²) in [6.45, 7) is 4.64. The minimum absolute atomic E-state index is 0.228. The molecule has 0 aromatic heterocycles. The van der Waals surface area contributed by atoms with E-state index < -0.39 is 30.1 Å². The van der Waals surface area contributed by atoms with Gasteiger partial charge in [0.1, 0.15) is 6.10 Å². The number of aliphatic carboxylic acids is 1. The SMILES string of the molecule is CCC(O)CC(CC(C)C(=O)O)OC(C)=O. The molecule has 0 spiro atoms. The molecule has 16 heavy (non-hydrogen) atoms. The predicted molar refractivity (Wildman–Crippen MR) is 57.9 cm³/mol. The Morgan fingerprint density at radius 1 is 1.31 bits per heavy atom. The van der Waals surface area contributed by atoms with Gasteiger partial charge >= 0.3 is 11.9 Å². The van der Waals surface area contributed by atoms with Gasteiger partial charge in [0.25, 0.3) is 0 Å². The number of aliphatic hydroxyl groups is 1. The van der Waals surface area contributed by atoms with E-state index in [-0.39, 0.29) is 12.8 Å². The van der Waals surface area contributed by atoms with Crippen molar-refractivity contribution in [3.63, 3.8) is 0 Å². The molecular formula is C11H20O5. The Hall–Kier alpha value is -1.10. The summed E-state index contributed by atoms with van der Waals surface area (Å²) >= 11 is 0. The van der Waals surface area contributed by atoms with Crippen LogP contribution in [0.3, 0.4) is 0 Å². The Morgan fingerprint density at radius 2 is 1.88 bits per heavy atom. The molecular weight excluding hydrogens is 212 g/mol. The van der Waals surface area contributed by atoms with Crippen molar-refractivity contribution in [2.45, 2.75) is 52.2 Å². The Balaban J connectivity index is 4.30. The van der Waals surface area contributed by atoms with Gasteiger partial charge in [-0.15, -0.1) is 0 Å². The second-order valence-corrected chi connectivity index (χ2v) is 4.00. The zero-order valence-corrected chi connectivity index (χ0v) is 9.97. The first-order valence-electron chi connectivity index (χ1n) is 5.44. The molecule has 0 aliphatic heterocycles. The second kappa shape index (κ2) is 7.22. The van der Waals surface area contributed by atoms with Crippen molar-refractivity contribution in [3.8, 4) is 0 Å². The standard InChI is InChI=1S/C11H20O5/c1-4-9(13)6-10(16-8(3)12)5-7(2)11(14)15/h7,9-10,13H,4-6H2,1-3H3,(H,14,15). The average molecular weight is 232 g/mol. The van der Waals surface area contributed by atoms with Gasteiger partial charge in [-0.1, -0.05) is 13.8 Å². The summed E-state index contributed by atoms with van der Waals surface area (Å²) in [5, 5.41) is 18.2. The molecule has 2 N–H and O–H groups in total. The molecule has 0 bridgehead atoms. The molecule has 0 aromatic rings. The third-order valence-electron chi connectivity index (χ3n) is 2.38. The molecule has 0 amide bonds. The van der Waals surface area contributed by atoms with Crippen molar-refractivity contribution in [1.29, 1.82) is 0 Å². The lowest BCUT2D eigenvalue weighted by Crippen LogP contribution is -2.26. The van der Waals surface area contributed by atoms with Crippen LogP contribution in [0.2, 0.25) is 0 Å². The highest BCUT2D eigenvalue weighted by molar-refractivity contribution is 5.69. The number of carboxylic acids is 1. The summed E-state index contributed by atoms with van der Waals surface area (Å²) in [7, 11) is 0. The molecule has 94 valence electrons. The number of ether oxygens (including phenoxy) is 1. The number of hydrogen-bond acceptors (Lipinski definition) is 4. The molecule has 0 radical (unpaired) electrons. The van der Waals surface area contributed by atoms with Crippen molar-refractivity contribution in [1.82, 2.24) is 0 Å². The first-order valence-corrected chi connectivity index (χ1v) is 5.44. The van der Waals surface area contributed by atoms with E-state index in [9.17, 15) is 14.7 Å². The fourth-order valence-electron chi connectivity index (χ4n) is 1.39. The van der Waals surface area contributed by atoms with E-state index in [0.29, 0.717) is 6.42 Å². The summed E-state index contributed by atoms with van der Waals surface area (Å²) in [5.41, 5.74) is 0. The number of aliphatic hydroxyl groups excluding tert-OH is 1. The largest absolute Gasteiger partial charge is 0.481 e. The molecule has 3 unspecified atom stereocenters. The van der Waals surface area contributed by atoms with Crippen molar-refractivity contribution in [3.05, 3.63) is 0 Å². The Kier molecular flexibility index (Phi) is 6.72. The predicted octanol–water partition coefficient (Wildman–Crippen LogP) is 1.19. The van der Waals surface area contributed by atoms with Crippen LogP contribution < -0.4 is 0 Å². The van der Waals surface area contributed by atoms with Crippen LogP contribution in [-0.2, 0) is 14.3 Å². The van der Waals surface area contributed by atoms with Crippen LogP contribution >= 0.6 is 0 Å². The third-order valence-corrected chi connectivity index (χ3v) is 2.38. The number of carbonyl (C=O) groups is 2. The van der Waals surface area contributed by atoms with E-state index in [1.807, 2.05) is 6.92 Å². The summed E-state index contributed by atoms with van der Waals surface area (Å²) in [6.07, 6.45) is -0.0253. The first kappa shape index (κ1) is 14.9. The van der Waals surface area contributed by atoms with Crippen LogP contribution in [0.5, 0.6) is 0 Å². The molecule has 0 aliphatic rings. The Morgan fingerprint density at radius 3 is 2.25 bits per heavy atom. The normalized spacial score (nSPS) is 16.2. The zero-order chi connectivity index (χ0) is 12.7. The maximum atomic E-state index is 10.8. The summed E-state index contributed by atoms with van der Waals surface area (Å²) in [6, 6.07) is 0. The molecule has 0 aliphatic carbocycles. The highest BCUT2D eigenvalue weighted by Gasteiger charge is 2.22. The molecule has 0 saturated heterocycles. The van der Waals surface area contributed by atoms with E-state index in [1.165, 1.54) is 6.92 Å². The smallest absolute Gasteiger partial charge is 0.306 e. The maximum absolute atomic E-state index is 10.8. The fraction of sp³-hybridized carbons (Fsp3) is 0.818. The average Bonchev–Trinajstić information content (AvgIpc) is 2.16. The molecule has 3 atom stereocenters. The second-order valence-electron chi connectivity index (χ2n) is 4.00. The fourth-order valence-corrected chi connectivity index (χ4v) is 1.39. The van der Waals surface area contributed by atoms with Crippen LogP contribution in [0.4, 0.5) is 0 Å². The van der Waals surface area contributed by atoms with E-state index in [4.69, 9.17) is 9.84 Å².